The number of halogens is 1. The number of nitro benzene ring substituents is 1. The van der Waals surface area contributed by atoms with Crippen LogP contribution in [0.15, 0.2) is 18.2 Å². The van der Waals surface area contributed by atoms with Crippen molar-refractivity contribution in [1.82, 2.24) is 10.2 Å². The molecule has 1 aliphatic heterocycles. The smallest absolute Gasteiger partial charge is 0.304 e. The molecule has 0 aromatic heterocycles. The second kappa shape index (κ2) is 7.47. The molecule has 1 unspecified atom stereocenters. The van der Waals surface area contributed by atoms with E-state index in [0.717, 1.165) is 25.2 Å². The van der Waals surface area contributed by atoms with Crippen LogP contribution in [0.1, 0.15) is 31.7 Å². The first-order valence-corrected chi connectivity index (χ1v) is 7.45. The lowest BCUT2D eigenvalue weighted by Gasteiger charge is -2.29. The molecule has 1 aromatic carbocycles. The van der Waals surface area contributed by atoms with Gasteiger partial charge in [-0.1, -0.05) is 12.5 Å². The Morgan fingerprint density at radius 1 is 1.38 bits per heavy atom. The van der Waals surface area contributed by atoms with Crippen molar-refractivity contribution >= 4 is 5.69 Å². The molecule has 0 amide bonds. The summed E-state index contributed by atoms with van der Waals surface area (Å²) in [5, 5.41) is 13.9. The number of nitrogens with zero attached hydrogens (tertiary/aromatic N) is 2. The number of rotatable bonds is 6. The van der Waals surface area contributed by atoms with E-state index in [2.05, 4.69) is 17.1 Å². The second-order valence-electron chi connectivity index (χ2n) is 5.69. The van der Waals surface area contributed by atoms with E-state index in [4.69, 9.17) is 0 Å². The summed E-state index contributed by atoms with van der Waals surface area (Å²) in [4.78, 5) is 12.3. The summed E-state index contributed by atoms with van der Waals surface area (Å²) in [6.45, 7) is 5.91. The van der Waals surface area contributed by atoms with Gasteiger partial charge in [0, 0.05) is 25.2 Å². The van der Waals surface area contributed by atoms with Gasteiger partial charge >= 0.3 is 5.69 Å². The van der Waals surface area contributed by atoms with E-state index in [0.29, 0.717) is 12.6 Å². The van der Waals surface area contributed by atoms with Crippen molar-refractivity contribution in [3.8, 4) is 0 Å². The molecule has 1 aromatic rings. The number of benzene rings is 1. The molecule has 0 aliphatic carbocycles. The topological polar surface area (TPSA) is 58.4 Å². The van der Waals surface area contributed by atoms with Gasteiger partial charge in [-0.05, 0) is 44.5 Å². The summed E-state index contributed by atoms with van der Waals surface area (Å²) in [5.74, 6) is -0.775. The molecular weight excluding hydrogens is 273 g/mol. The molecule has 0 radical (unpaired) electrons. The van der Waals surface area contributed by atoms with Crippen LogP contribution in [0.4, 0.5) is 10.1 Å². The molecule has 0 bridgehead atoms. The van der Waals surface area contributed by atoms with Gasteiger partial charge in [-0.25, -0.2) is 0 Å². The van der Waals surface area contributed by atoms with Crippen LogP contribution >= 0.6 is 0 Å². The van der Waals surface area contributed by atoms with Crippen LogP contribution in [0.25, 0.3) is 0 Å². The number of nitro groups is 1. The molecule has 1 saturated heterocycles. The Hall–Kier alpha value is -1.53. The van der Waals surface area contributed by atoms with Gasteiger partial charge < -0.3 is 10.2 Å². The molecule has 21 heavy (non-hydrogen) atoms. The molecule has 5 nitrogen and oxygen atoms in total. The highest BCUT2D eigenvalue weighted by molar-refractivity contribution is 5.34. The highest BCUT2D eigenvalue weighted by atomic mass is 19.1. The third-order valence-electron chi connectivity index (χ3n) is 3.84. The largest absolute Gasteiger partial charge is 0.309 e. The minimum absolute atomic E-state index is 0.307. The van der Waals surface area contributed by atoms with Crippen molar-refractivity contribution in [2.45, 2.75) is 38.8 Å². The lowest BCUT2D eigenvalue weighted by atomic mass is 10.1. The Balaban J connectivity index is 1.81. The average molecular weight is 295 g/mol. The monoisotopic (exact) mass is 295 g/mol. The second-order valence-corrected chi connectivity index (χ2v) is 5.69. The van der Waals surface area contributed by atoms with E-state index < -0.39 is 16.4 Å². The third kappa shape index (κ3) is 4.75. The van der Waals surface area contributed by atoms with Crippen LogP contribution in [0.5, 0.6) is 0 Å². The zero-order valence-corrected chi connectivity index (χ0v) is 12.3. The molecule has 1 N–H and O–H groups in total. The molecule has 1 fully saturated rings. The maximum Gasteiger partial charge on any atom is 0.304 e. The van der Waals surface area contributed by atoms with Crippen molar-refractivity contribution < 1.29 is 9.31 Å². The fraction of sp³-hybridized carbons (Fsp3) is 0.600. The molecule has 0 spiro atoms. The standard InChI is InChI=1S/C15H22FN3O2/c1-12(11-18-7-3-2-4-8-18)17-10-13-5-6-15(19(20)21)14(16)9-13/h5-6,9,12,17H,2-4,7-8,10-11H2,1H3. The van der Waals surface area contributed by atoms with Crippen LogP contribution in [0.3, 0.4) is 0 Å². The molecular formula is C15H22FN3O2. The number of likely N-dealkylation sites (tertiary alicyclic amines) is 1. The molecule has 1 heterocycles. The number of nitrogens with one attached hydrogen (secondary N) is 1. The van der Waals surface area contributed by atoms with E-state index in [9.17, 15) is 14.5 Å². The Kier molecular flexibility index (Phi) is 5.64. The molecule has 0 saturated carbocycles. The highest BCUT2D eigenvalue weighted by Crippen LogP contribution is 2.18. The summed E-state index contributed by atoms with van der Waals surface area (Å²) in [6.07, 6.45) is 3.85. The van der Waals surface area contributed by atoms with E-state index >= 15 is 0 Å². The van der Waals surface area contributed by atoms with Gasteiger partial charge in [-0.3, -0.25) is 10.1 Å². The van der Waals surface area contributed by atoms with Gasteiger partial charge in [0.1, 0.15) is 0 Å². The molecule has 116 valence electrons. The van der Waals surface area contributed by atoms with E-state index in [1.165, 1.54) is 31.4 Å². The predicted octanol–water partition coefficient (Wildman–Crippen LogP) is 2.70. The lowest BCUT2D eigenvalue weighted by molar-refractivity contribution is -0.387. The zero-order chi connectivity index (χ0) is 15.2. The third-order valence-corrected chi connectivity index (χ3v) is 3.84. The Labute approximate surface area is 124 Å². The Bertz CT molecular complexity index is 490. The quantitative estimate of drug-likeness (QED) is 0.647. The van der Waals surface area contributed by atoms with Crippen LogP contribution in [-0.2, 0) is 6.54 Å². The van der Waals surface area contributed by atoms with Crippen molar-refractivity contribution in [2.75, 3.05) is 19.6 Å². The maximum absolute atomic E-state index is 13.5. The van der Waals surface area contributed by atoms with Gasteiger partial charge in [-0.2, -0.15) is 4.39 Å². The van der Waals surface area contributed by atoms with E-state index in [1.807, 2.05) is 0 Å². The number of hydrogen-bond acceptors (Lipinski definition) is 4. The maximum atomic E-state index is 13.5. The predicted molar refractivity (Wildman–Crippen MR) is 79.6 cm³/mol. The summed E-state index contributed by atoms with van der Waals surface area (Å²) in [6, 6.07) is 4.36. The minimum Gasteiger partial charge on any atom is -0.309 e. The molecule has 6 heteroatoms. The van der Waals surface area contributed by atoms with Gasteiger partial charge in [-0.15, -0.1) is 0 Å². The van der Waals surface area contributed by atoms with Crippen molar-refractivity contribution in [3.05, 3.63) is 39.7 Å². The number of piperidine rings is 1. The van der Waals surface area contributed by atoms with E-state index in [1.54, 1.807) is 6.07 Å². The van der Waals surface area contributed by atoms with Crippen LogP contribution in [-0.4, -0.2) is 35.5 Å². The Morgan fingerprint density at radius 2 is 2.10 bits per heavy atom. The summed E-state index contributed by atoms with van der Waals surface area (Å²) in [5.41, 5.74) is 0.253. The normalized spacial score (nSPS) is 17.6. The lowest BCUT2D eigenvalue weighted by Crippen LogP contribution is -2.41. The fourth-order valence-corrected chi connectivity index (χ4v) is 2.69. The number of hydrogen-bond donors (Lipinski definition) is 1. The van der Waals surface area contributed by atoms with Crippen LogP contribution in [0, 0.1) is 15.9 Å². The summed E-state index contributed by atoms with van der Waals surface area (Å²) < 4.78 is 13.5. The van der Waals surface area contributed by atoms with Crippen LogP contribution < -0.4 is 5.32 Å². The van der Waals surface area contributed by atoms with Crippen molar-refractivity contribution in [1.29, 1.82) is 0 Å². The summed E-state index contributed by atoms with van der Waals surface area (Å²) >= 11 is 0. The molecule has 1 atom stereocenters. The highest BCUT2D eigenvalue weighted by Gasteiger charge is 2.15. The first-order chi connectivity index (χ1) is 10.1. The average Bonchev–Trinajstić information content (AvgIpc) is 2.46. The SMILES string of the molecule is CC(CN1CCCCC1)NCc1ccc([N+](=O)[O-])c(F)c1. The molecule has 1 aliphatic rings. The zero-order valence-electron chi connectivity index (χ0n) is 12.3. The minimum atomic E-state index is -0.775. The van der Waals surface area contributed by atoms with Gasteiger partial charge in [0.15, 0.2) is 0 Å². The fourth-order valence-electron chi connectivity index (χ4n) is 2.69. The first kappa shape index (κ1) is 15.9. The Morgan fingerprint density at radius 3 is 2.71 bits per heavy atom. The van der Waals surface area contributed by atoms with Gasteiger partial charge in [0.25, 0.3) is 0 Å². The van der Waals surface area contributed by atoms with Crippen molar-refractivity contribution in [2.24, 2.45) is 0 Å². The first-order valence-electron chi connectivity index (χ1n) is 7.45. The van der Waals surface area contributed by atoms with E-state index in [-0.39, 0.29) is 0 Å². The van der Waals surface area contributed by atoms with Gasteiger partial charge in [0.2, 0.25) is 5.82 Å². The van der Waals surface area contributed by atoms with Crippen LogP contribution in [0.2, 0.25) is 0 Å². The summed E-state index contributed by atoms with van der Waals surface area (Å²) in [7, 11) is 0. The molecule has 2 rings (SSSR count). The van der Waals surface area contributed by atoms with Crippen molar-refractivity contribution in [3.63, 3.8) is 0 Å². The van der Waals surface area contributed by atoms with Gasteiger partial charge in [0.05, 0.1) is 4.92 Å².